The van der Waals surface area contributed by atoms with Crippen LogP contribution in [0.25, 0.3) is 10.2 Å². The summed E-state index contributed by atoms with van der Waals surface area (Å²) in [6, 6.07) is 9.83. The molecule has 0 bridgehead atoms. The normalized spacial score (nSPS) is 15.2. The number of likely N-dealkylation sites (tertiary alicyclic amines) is 1. The van der Waals surface area contributed by atoms with Crippen LogP contribution in [0.15, 0.2) is 41.3 Å². The zero-order valence-electron chi connectivity index (χ0n) is 16.7. The van der Waals surface area contributed by atoms with Crippen LogP contribution in [0.3, 0.4) is 0 Å². The first-order valence-corrected chi connectivity index (χ1v) is 11.6. The topological polar surface area (TPSA) is 42.4 Å². The van der Waals surface area contributed by atoms with Crippen molar-refractivity contribution in [2.45, 2.75) is 42.9 Å². The highest BCUT2D eigenvalue weighted by Crippen LogP contribution is 2.32. The number of aromatic nitrogens is 1. The molecule has 2 heterocycles. The van der Waals surface area contributed by atoms with Gasteiger partial charge in [-0.2, -0.15) is 4.98 Å². The van der Waals surface area contributed by atoms with Gasteiger partial charge in [-0.25, -0.2) is 8.78 Å². The van der Waals surface area contributed by atoms with Crippen molar-refractivity contribution in [2.24, 2.45) is 0 Å². The summed E-state index contributed by atoms with van der Waals surface area (Å²) in [6.07, 6.45) is 1.23. The van der Waals surface area contributed by atoms with Gasteiger partial charge in [0.25, 0.3) is 11.1 Å². The van der Waals surface area contributed by atoms with Crippen LogP contribution in [0.2, 0.25) is 0 Å². The van der Waals surface area contributed by atoms with E-state index in [4.69, 9.17) is 4.74 Å². The quantitative estimate of drug-likeness (QED) is 0.466. The first kappa shape index (κ1) is 21.1. The molecular formula is C22H22F2N2O2S2. The predicted molar refractivity (Wildman–Crippen MR) is 117 cm³/mol. The minimum atomic E-state index is -0.686. The molecule has 0 saturated carbocycles. The number of benzene rings is 2. The third-order valence-corrected chi connectivity index (χ3v) is 6.73. The van der Waals surface area contributed by atoms with Gasteiger partial charge in [0.2, 0.25) is 0 Å². The molecule has 1 aromatic heterocycles. The first-order chi connectivity index (χ1) is 14.4. The fourth-order valence-corrected chi connectivity index (χ4v) is 5.28. The van der Waals surface area contributed by atoms with Crippen molar-refractivity contribution in [2.75, 3.05) is 13.1 Å². The number of thioether (sulfide) groups is 1. The van der Waals surface area contributed by atoms with Gasteiger partial charge in [0.05, 0.1) is 4.70 Å². The Morgan fingerprint density at radius 1 is 1.23 bits per heavy atom. The summed E-state index contributed by atoms with van der Waals surface area (Å²) in [5.41, 5.74) is 0.826. The van der Waals surface area contributed by atoms with Gasteiger partial charge in [0.15, 0.2) is 5.82 Å². The highest BCUT2D eigenvalue weighted by molar-refractivity contribution is 7.99. The second kappa shape index (κ2) is 8.89. The third-order valence-electron chi connectivity index (χ3n) is 4.84. The Bertz CT molecular complexity index is 1060. The highest BCUT2D eigenvalue weighted by Gasteiger charge is 2.26. The van der Waals surface area contributed by atoms with E-state index < -0.39 is 11.6 Å². The smallest absolute Gasteiger partial charge is 0.274 e. The monoisotopic (exact) mass is 448 g/mol. The number of hydrogen-bond acceptors (Lipinski definition) is 5. The van der Waals surface area contributed by atoms with E-state index in [1.807, 2.05) is 29.2 Å². The molecule has 4 nitrogen and oxygen atoms in total. The molecule has 0 unspecified atom stereocenters. The van der Waals surface area contributed by atoms with Crippen molar-refractivity contribution in [1.82, 2.24) is 9.88 Å². The number of thiazole rings is 1. The molecule has 0 spiro atoms. The number of ether oxygens (including phenoxy) is 1. The number of halogens is 2. The van der Waals surface area contributed by atoms with Crippen LogP contribution in [0.4, 0.5) is 8.78 Å². The summed E-state index contributed by atoms with van der Waals surface area (Å²) >= 11 is 2.87. The van der Waals surface area contributed by atoms with Gasteiger partial charge in [-0.05, 0) is 24.3 Å². The van der Waals surface area contributed by atoms with Gasteiger partial charge in [-0.1, -0.05) is 31.3 Å². The highest BCUT2D eigenvalue weighted by atomic mass is 32.2. The molecule has 158 valence electrons. The number of nitrogens with zero attached hydrogens (tertiary/aromatic N) is 2. The van der Waals surface area contributed by atoms with Crippen LogP contribution in [0, 0.1) is 11.6 Å². The Hall–Kier alpha value is -2.19. The summed E-state index contributed by atoms with van der Waals surface area (Å²) in [5, 5.41) is 0.786. The molecule has 1 aliphatic heterocycles. The summed E-state index contributed by atoms with van der Waals surface area (Å²) in [6.45, 7) is 5.42. The van der Waals surface area contributed by atoms with Crippen LogP contribution >= 0.6 is 23.1 Å². The minimum absolute atomic E-state index is 0.0252. The summed E-state index contributed by atoms with van der Waals surface area (Å²) in [5.74, 6) is -1.29. The molecule has 1 fully saturated rings. The third kappa shape index (κ3) is 4.75. The molecule has 0 radical (unpaired) electrons. The number of carbonyl (C=O) groups is 1. The van der Waals surface area contributed by atoms with Crippen molar-refractivity contribution in [3.63, 3.8) is 0 Å². The molecule has 30 heavy (non-hydrogen) atoms. The van der Waals surface area contributed by atoms with Gasteiger partial charge in [0, 0.05) is 47.7 Å². The Balaban J connectivity index is 1.37. The van der Waals surface area contributed by atoms with Gasteiger partial charge in [0.1, 0.15) is 17.4 Å². The van der Waals surface area contributed by atoms with Crippen molar-refractivity contribution in [1.29, 1.82) is 0 Å². The lowest BCUT2D eigenvalue weighted by Crippen LogP contribution is -2.41. The molecule has 4 rings (SSSR count). The van der Waals surface area contributed by atoms with E-state index in [1.165, 1.54) is 6.07 Å². The molecular weight excluding hydrogens is 426 g/mol. The van der Waals surface area contributed by atoms with Crippen molar-refractivity contribution >= 4 is 39.2 Å². The summed E-state index contributed by atoms with van der Waals surface area (Å²) in [7, 11) is 0. The predicted octanol–water partition coefficient (Wildman–Crippen LogP) is 5.76. The van der Waals surface area contributed by atoms with E-state index >= 15 is 0 Å². The van der Waals surface area contributed by atoms with E-state index in [0.717, 1.165) is 22.3 Å². The van der Waals surface area contributed by atoms with Crippen LogP contribution in [-0.2, 0) is 0 Å². The number of piperidine rings is 1. The van der Waals surface area contributed by atoms with Crippen molar-refractivity contribution in [3.8, 4) is 5.19 Å². The lowest BCUT2D eigenvalue weighted by molar-refractivity contribution is 0.0595. The average Bonchev–Trinajstić information content (AvgIpc) is 3.10. The molecule has 1 saturated heterocycles. The molecule has 8 heteroatoms. The summed E-state index contributed by atoms with van der Waals surface area (Å²) in [4.78, 5) is 20.0. The van der Waals surface area contributed by atoms with Crippen LogP contribution in [0.1, 0.15) is 37.0 Å². The Labute approximate surface area is 182 Å². The fraction of sp³-hybridized carbons (Fsp3) is 0.364. The van der Waals surface area contributed by atoms with Crippen LogP contribution in [-0.4, -0.2) is 40.2 Å². The Kier molecular flexibility index (Phi) is 6.24. The lowest BCUT2D eigenvalue weighted by Gasteiger charge is -2.31. The maximum Gasteiger partial charge on any atom is 0.274 e. The van der Waals surface area contributed by atoms with Crippen LogP contribution in [0.5, 0.6) is 5.19 Å². The fourth-order valence-electron chi connectivity index (χ4n) is 3.46. The first-order valence-electron chi connectivity index (χ1n) is 9.87. The van der Waals surface area contributed by atoms with Gasteiger partial charge in [-0.15, -0.1) is 11.8 Å². The standard InChI is InChI=1S/C22H22F2N2O2S2/c1-13(2)29-17-5-3-4-14(10-17)21(27)26-8-6-16(7-9-26)28-22-25-20-18(24)11-15(23)12-19(20)30-22/h3-5,10-13,16H,6-9H2,1-2H3. The van der Waals surface area contributed by atoms with E-state index in [2.05, 4.69) is 18.8 Å². The maximum atomic E-state index is 13.8. The molecule has 2 aromatic carbocycles. The SMILES string of the molecule is CC(C)Sc1cccc(C(=O)N2CCC(Oc3nc4c(F)cc(F)cc4s3)CC2)c1. The largest absolute Gasteiger partial charge is 0.467 e. The van der Waals surface area contributed by atoms with Crippen molar-refractivity contribution < 1.29 is 18.3 Å². The summed E-state index contributed by atoms with van der Waals surface area (Å²) < 4.78 is 33.5. The number of rotatable bonds is 5. The molecule has 3 aromatic rings. The Morgan fingerprint density at radius 2 is 2.00 bits per heavy atom. The average molecular weight is 449 g/mol. The van der Waals surface area contributed by atoms with Gasteiger partial charge < -0.3 is 9.64 Å². The van der Waals surface area contributed by atoms with E-state index in [9.17, 15) is 13.6 Å². The molecule has 1 amide bonds. The number of fused-ring (bicyclic) bond motifs is 1. The van der Waals surface area contributed by atoms with Gasteiger partial charge >= 0.3 is 0 Å². The maximum absolute atomic E-state index is 13.8. The lowest BCUT2D eigenvalue weighted by atomic mass is 10.1. The van der Waals surface area contributed by atoms with E-state index in [1.54, 1.807) is 11.8 Å². The second-order valence-electron chi connectivity index (χ2n) is 7.52. The minimum Gasteiger partial charge on any atom is -0.467 e. The zero-order valence-corrected chi connectivity index (χ0v) is 18.4. The number of hydrogen-bond donors (Lipinski definition) is 0. The molecule has 0 N–H and O–H groups in total. The van der Waals surface area contributed by atoms with Crippen molar-refractivity contribution in [3.05, 3.63) is 53.6 Å². The number of amides is 1. The Morgan fingerprint density at radius 3 is 2.73 bits per heavy atom. The second-order valence-corrected chi connectivity index (χ2v) is 10.2. The molecule has 0 atom stereocenters. The van der Waals surface area contributed by atoms with E-state index in [-0.39, 0.29) is 17.5 Å². The molecule has 1 aliphatic rings. The number of carbonyl (C=O) groups excluding carboxylic acids is 1. The van der Waals surface area contributed by atoms with E-state index in [0.29, 0.717) is 46.6 Å². The van der Waals surface area contributed by atoms with Crippen LogP contribution < -0.4 is 4.74 Å². The molecule has 0 aliphatic carbocycles. The van der Waals surface area contributed by atoms with Gasteiger partial charge in [-0.3, -0.25) is 4.79 Å². The zero-order chi connectivity index (χ0) is 21.3.